The van der Waals surface area contributed by atoms with Gasteiger partial charge in [-0.2, -0.15) is 0 Å². The number of aromatic nitrogens is 2. The fraction of sp³-hybridized carbons (Fsp3) is 0.688. The number of nitrogens with zero attached hydrogens (tertiary/aromatic N) is 5. The molecule has 0 spiro atoms. The van der Waals surface area contributed by atoms with Gasteiger partial charge in [0.2, 0.25) is 0 Å². The first-order valence-electron chi connectivity index (χ1n) is 8.66. The Morgan fingerprint density at radius 2 is 2.00 bits per heavy atom. The first kappa shape index (κ1) is 18.1. The number of carbonyl (C=O) groups is 1. The molecule has 0 N–H and O–H groups in total. The summed E-state index contributed by atoms with van der Waals surface area (Å²) >= 11 is 0. The molecule has 2 saturated heterocycles. The van der Waals surface area contributed by atoms with Crippen LogP contribution in [0.5, 0.6) is 0 Å². The van der Waals surface area contributed by atoms with Crippen LogP contribution in [0.15, 0.2) is 12.4 Å². The van der Waals surface area contributed by atoms with Crippen molar-refractivity contribution in [2.45, 2.75) is 19.4 Å². The summed E-state index contributed by atoms with van der Waals surface area (Å²) in [5.74, 6) is 0.727. The van der Waals surface area contributed by atoms with E-state index in [-0.39, 0.29) is 23.5 Å². The Balaban J connectivity index is 1.76. The Morgan fingerprint density at radius 1 is 1.28 bits per heavy atom. The summed E-state index contributed by atoms with van der Waals surface area (Å²) in [6.07, 6.45) is 1.92. The van der Waals surface area contributed by atoms with Gasteiger partial charge in [-0.25, -0.2) is 18.4 Å². The van der Waals surface area contributed by atoms with Crippen LogP contribution in [0.2, 0.25) is 0 Å². The molecule has 0 aliphatic carbocycles. The van der Waals surface area contributed by atoms with Crippen LogP contribution in [0.25, 0.3) is 0 Å². The van der Waals surface area contributed by atoms with E-state index < -0.39 is 9.84 Å². The van der Waals surface area contributed by atoms with Crippen molar-refractivity contribution < 1.29 is 13.2 Å². The average molecular weight is 367 g/mol. The third-order valence-electron chi connectivity index (χ3n) is 4.95. The molecule has 25 heavy (non-hydrogen) atoms. The summed E-state index contributed by atoms with van der Waals surface area (Å²) in [5, 5.41) is 0. The van der Waals surface area contributed by atoms with Gasteiger partial charge in [0.25, 0.3) is 5.91 Å². The number of hydrogen-bond donors (Lipinski definition) is 0. The lowest BCUT2D eigenvalue weighted by molar-refractivity contribution is 0.0702. The molecule has 0 bridgehead atoms. The van der Waals surface area contributed by atoms with E-state index in [4.69, 9.17) is 0 Å². The normalized spacial score (nSPS) is 23.6. The minimum atomic E-state index is -3.04. The van der Waals surface area contributed by atoms with Crippen LogP contribution < -0.4 is 4.90 Å². The molecule has 1 aromatic rings. The molecule has 0 radical (unpaired) electrons. The number of likely N-dealkylation sites (N-methyl/N-ethyl adjacent to an activating group) is 1. The quantitative estimate of drug-likeness (QED) is 0.733. The van der Waals surface area contributed by atoms with E-state index in [9.17, 15) is 13.2 Å². The number of anilines is 1. The van der Waals surface area contributed by atoms with Crippen LogP contribution in [0.1, 0.15) is 23.8 Å². The molecule has 3 heterocycles. The van der Waals surface area contributed by atoms with Crippen molar-refractivity contribution in [2.75, 3.05) is 56.2 Å². The molecule has 2 aliphatic rings. The summed E-state index contributed by atoms with van der Waals surface area (Å²) in [6, 6.07) is 1.46. The number of carbonyl (C=O) groups excluding carboxylic acids is 1. The molecule has 1 atom stereocenters. The highest BCUT2D eigenvalue weighted by molar-refractivity contribution is 7.91. The minimum absolute atomic E-state index is 0.0446. The summed E-state index contributed by atoms with van der Waals surface area (Å²) < 4.78 is 23.5. The highest BCUT2D eigenvalue weighted by atomic mass is 32.2. The van der Waals surface area contributed by atoms with E-state index >= 15 is 0 Å². The Bertz CT molecular complexity index is 731. The Hall–Kier alpha value is -1.74. The van der Waals surface area contributed by atoms with Crippen molar-refractivity contribution in [1.29, 1.82) is 0 Å². The first-order chi connectivity index (χ1) is 11.9. The fourth-order valence-electron chi connectivity index (χ4n) is 3.41. The molecule has 9 heteroatoms. The molecule has 138 valence electrons. The van der Waals surface area contributed by atoms with Gasteiger partial charge in [-0.15, -0.1) is 0 Å². The van der Waals surface area contributed by atoms with Crippen molar-refractivity contribution in [3.63, 3.8) is 0 Å². The standard InChI is InChI=1S/C16H25N5O3S/c1-3-21(13-4-9-25(23,24)11-13)16(22)14-10-15(18-12-17-14)20-7-5-19(2)6-8-20/h10,12-13H,3-9,11H2,1-2H3. The third-order valence-corrected chi connectivity index (χ3v) is 6.70. The monoisotopic (exact) mass is 367 g/mol. The Kier molecular flexibility index (Phi) is 5.24. The first-order valence-corrected chi connectivity index (χ1v) is 10.5. The van der Waals surface area contributed by atoms with Gasteiger partial charge in [0.1, 0.15) is 17.8 Å². The maximum absolute atomic E-state index is 12.9. The highest BCUT2D eigenvalue weighted by Gasteiger charge is 2.34. The molecule has 1 aromatic heterocycles. The number of amides is 1. The summed E-state index contributed by atoms with van der Waals surface area (Å²) in [5.41, 5.74) is 0.329. The zero-order chi connectivity index (χ0) is 18.0. The fourth-order valence-corrected chi connectivity index (χ4v) is 5.14. The lowest BCUT2D eigenvalue weighted by Gasteiger charge is -2.33. The van der Waals surface area contributed by atoms with Gasteiger partial charge in [-0.05, 0) is 20.4 Å². The number of piperazine rings is 1. The molecule has 2 aliphatic heterocycles. The van der Waals surface area contributed by atoms with Gasteiger partial charge < -0.3 is 14.7 Å². The van der Waals surface area contributed by atoms with Crippen LogP contribution in [0, 0.1) is 0 Å². The van der Waals surface area contributed by atoms with Gasteiger partial charge in [0.05, 0.1) is 11.5 Å². The van der Waals surface area contributed by atoms with Crippen LogP contribution >= 0.6 is 0 Å². The van der Waals surface area contributed by atoms with Gasteiger partial charge in [-0.3, -0.25) is 4.79 Å². The predicted octanol–water partition coefficient (Wildman–Crippen LogP) is -0.122. The highest BCUT2D eigenvalue weighted by Crippen LogP contribution is 2.20. The van der Waals surface area contributed by atoms with Crippen molar-refractivity contribution >= 4 is 21.6 Å². The van der Waals surface area contributed by atoms with E-state index in [0.29, 0.717) is 18.7 Å². The topological polar surface area (TPSA) is 86.7 Å². The second-order valence-electron chi connectivity index (χ2n) is 6.70. The minimum Gasteiger partial charge on any atom is -0.354 e. The van der Waals surface area contributed by atoms with Crippen LogP contribution in [-0.2, 0) is 9.84 Å². The smallest absolute Gasteiger partial charge is 0.272 e. The molecular formula is C16H25N5O3S. The number of sulfone groups is 1. The molecule has 1 unspecified atom stereocenters. The van der Waals surface area contributed by atoms with Crippen LogP contribution in [-0.4, -0.2) is 91.4 Å². The molecule has 0 aromatic carbocycles. The Labute approximate surface area is 148 Å². The molecular weight excluding hydrogens is 342 g/mol. The zero-order valence-corrected chi connectivity index (χ0v) is 15.6. The van der Waals surface area contributed by atoms with E-state index in [0.717, 1.165) is 32.0 Å². The van der Waals surface area contributed by atoms with Gasteiger partial charge in [0, 0.05) is 44.8 Å². The molecule has 2 fully saturated rings. The second kappa shape index (κ2) is 7.25. The maximum atomic E-state index is 12.9. The van der Waals surface area contributed by atoms with Crippen LogP contribution in [0.4, 0.5) is 5.82 Å². The summed E-state index contributed by atoms with van der Waals surface area (Å²) in [4.78, 5) is 27.3. The average Bonchev–Trinajstić information content (AvgIpc) is 2.96. The van der Waals surface area contributed by atoms with Gasteiger partial charge in [0.15, 0.2) is 9.84 Å². The number of hydrogen-bond acceptors (Lipinski definition) is 7. The SMILES string of the molecule is CCN(C(=O)c1cc(N2CCN(C)CC2)ncn1)C1CCS(=O)(=O)C1. The number of rotatable bonds is 4. The second-order valence-corrected chi connectivity index (χ2v) is 8.93. The van der Waals surface area contributed by atoms with Gasteiger partial charge in [-0.1, -0.05) is 0 Å². The largest absolute Gasteiger partial charge is 0.354 e. The lowest BCUT2D eigenvalue weighted by Crippen LogP contribution is -2.45. The molecule has 3 rings (SSSR count). The maximum Gasteiger partial charge on any atom is 0.272 e. The van der Waals surface area contributed by atoms with E-state index in [1.807, 2.05) is 6.92 Å². The molecule has 1 amide bonds. The predicted molar refractivity (Wildman–Crippen MR) is 95.5 cm³/mol. The van der Waals surface area contributed by atoms with Gasteiger partial charge >= 0.3 is 0 Å². The van der Waals surface area contributed by atoms with Crippen LogP contribution in [0.3, 0.4) is 0 Å². The van der Waals surface area contributed by atoms with E-state index in [1.54, 1.807) is 11.0 Å². The van der Waals surface area contributed by atoms with Crippen molar-refractivity contribution in [1.82, 2.24) is 19.8 Å². The molecule has 0 saturated carbocycles. The third kappa shape index (κ3) is 4.09. The summed E-state index contributed by atoms with van der Waals surface area (Å²) in [7, 11) is -0.952. The van der Waals surface area contributed by atoms with Crippen molar-refractivity contribution in [3.05, 3.63) is 18.1 Å². The van der Waals surface area contributed by atoms with Crippen molar-refractivity contribution in [2.24, 2.45) is 0 Å². The van der Waals surface area contributed by atoms with E-state index in [2.05, 4.69) is 26.8 Å². The lowest BCUT2D eigenvalue weighted by atomic mass is 10.2. The molecule has 8 nitrogen and oxygen atoms in total. The van der Waals surface area contributed by atoms with Crippen molar-refractivity contribution in [3.8, 4) is 0 Å². The summed E-state index contributed by atoms with van der Waals surface area (Å²) in [6.45, 7) is 5.96. The van der Waals surface area contributed by atoms with E-state index in [1.165, 1.54) is 6.33 Å². The Morgan fingerprint density at radius 3 is 2.60 bits per heavy atom. The zero-order valence-electron chi connectivity index (χ0n) is 14.8.